The Morgan fingerprint density at radius 2 is 1.76 bits per heavy atom. The topological polar surface area (TPSA) is 114 Å². The lowest BCUT2D eigenvalue weighted by Gasteiger charge is -2.30. The van der Waals surface area contributed by atoms with Gasteiger partial charge in [0.15, 0.2) is 5.76 Å². The molecule has 0 spiro atoms. The van der Waals surface area contributed by atoms with Crippen LogP contribution in [0.3, 0.4) is 0 Å². The average Bonchev–Trinajstić information content (AvgIpc) is 3.00. The van der Waals surface area contributed by atoms with E-state index in [0.717, 1.165) is 19.9 Å². The van der Waals surface area contributed by atoms with E-state index in [0.29, 0.717) is 12.2 Å². The zero-order valence-corrected chi connectivity index (χ0v) is 25.3. The smallest absolute Gasteiger partial charge is 0.286 e. The minimum Gasteiger partial charge on any atom is -0.497 e. The maximum absolute atomic E-state index is 13.2. The number of benzene rings is 3. The number of nitrogens with one attached hydrogen (secondary N) is 1. The zero-order chi connectivity index (χ0) is 30.1. The number of amides is 1. The fourth-order valence-electron chi connectivity index (χ4n) is 4.38. The van der Waals surface area contributed by atoms with Gasteiger partial charge in [0.1, 0.15) is 11.6 Å². The summed E-state index contributed by atoms with van der Waals surface area (Å²) in [6.07, 6.45) is 1.28. The minimum atomic E-state index is -3.92. The first-order chi connectivity index (χ1) is 20.2. The van der Waals surface area contributed by atoms with Crippen LogP contribution in [0.4, 0.5) is 4.39 Å². The molecule has 0 bridgehead atoms. The van der Waals surface area contributed by atoms with Crippen LogP contribution < -0.4 is 10.1 Å². The van der Waals surface area contributed by atoms with E-state index in [1.807, 2.05) is 24.3 Å². The molecule has 1 heterocycles. The number of hydrogen-bond acceptors (Lipinski definition) is 7. The number of aliphatic hydroxyl groups is 1. The van der Waals surface area contributed by atoms with Crippen molar-refractivity contribution in [1.82, 2.24) is 9.62 Å². The number of carbonyl (C=O) groups excluding carboxylic acids is 1. The molecule has 2 atom stereocenters. The maximum Gasteiger partial charge on any atom is 0.286 e. The van der Waals surface area contributed by atoms with Gasteiger partial charge >= 0.3 is 0 Å². The van der Waals surface area contributed by atoms with Crippen molar-refractivity contribution in [3.8, 4) is 5.75 Å². The molecule has 3 aromatic carbocycles. The van der Waals surface area contributed by atoms with E-state index in [-0.39, 0.29) is 55.2 Å². The number of carbonyl (C=O) groups is 1. The third-order valence-electron chi connectivity index (χ3n) is 6.64. The molecule has 0 radical (unpaired) electrons. The van der Waals surface area contributed by atoms with Crippen LogP contribution in [0.1, 0.15) is 23.5 Å². The molecule has 9 nitrogen and oxygen atoms in total. The lowest BCUT2D eigenvalue weighted by molar-refractivity contribution is -0.146. The van der Waals surface area contributed by atoms with Gasteiger partial charge in [-0.3, -0.25) is 4.79 Å². The molecular formula is C30H32BrFN2O7S. The number of methoxy groups -OCH3 is 1. The van der Waals surface area contributed by atoms with Crippen LogP contribution >= 0.6 is 15.9 Å². The second-order valence-corrected chi connectivity index (χ2v) is 12.3. The first-order valence-electron chi connectivity index (χ1n) is 13.2. The summed E-state index contributed by atoms with van der Waals surface area (Å²) >= 11 is 3.43. The monoisotopic (exact) mass is 662 g/mol. The van der Waals surface area contributed by atoms with Crippen molar-refractivity contribution < 1.29 is 36.9 Å². The first kappa shape index (κ1) is 31.6. The molecule has 3 aromatic rings. The summed E-state index contributed by atoms with van der Waals surface area (Å²) in [5.41, 5.74) is 1.67. The van der Waals surface area contributed by atoms with E-state index < -0.39 is 22.2 Å². The molecule has 4 rings (SSSR count). The first-order valence-corrected chi connectivity index (χ1v) is 15.5. The molecule has 2 N–H and O–H groups in total. The Bertz CT molecular complexity index is 1470. The number of rotatable bonds is 13. The Kier molecular flexibility index (Phi) is 11.1. The summed E-state index contributed by atoms with van der Waals surface area (Å²) in [5, 5.41) is 12.3. The van der Waals surface area contributed by atoms with Gasteiger partial charge in [-0.2, -0.15) is 4.31 Å². The second-order valence-electron chi connectivity index (χ2n) is 9.46. The van der Waals surface area contributed by atoms with Crippen molar-refractivity contribution in [3.05, 3.63) is 106 Å². The Hall–Kier alpha value is -3.29. The van der Waals surface area contributed by atoms with E-state index in [2.05, 4.69) is 21.2 Å². The molecule has 1 amide bonds. The third-order valence-corrected chi connectivity index (χ3v) is 9.08. The SMILES string of the molecule is COc1ccc(S(=O)(=O)N(CCO)CCO[C@@H]2C[C@H](c3ccc(Br)cc3)C=C(C(=O)NCc3ccc(F)cc3)O2)cc1. The summed E-state index contributed by atoms with van der Waals surface area (Å²) in [6.45, 7) is -0.414. The highest BCUT2D eigenvalue weighted by atomic mass is 79.9. The van der Waals surface area contributed by atoms with E-state index in [1.54, 1.807) is 30.3 Å². The number of ether oxygens (including phenoxy) is 3. The minimum absolute atomic E-state index is 0.0441. The van der Waals surface area contributed by atoms with Gasteiger partial charge in [-0.15, -0.1) is 0 Å². The highest BCUT2D eigenvalue weighted by molar-refractivity contribution is 9.10. The predicted octanol–water partition coefficient (Wildman–Crippen LogP) is 4.33. The molecule has 0 saturated carbocycles. The van der Waals surface area contributed by atoms with E-state index in [1.165, 1.54) is 31.4 Å². The van der Waals surface area contributed by atoms with Crippen molar-refractivity contribution in [2.24, 2.45) is 0 Å². The van der Waals surface area contributed by atoms with Crippen LogP contribution in [0, 0.1) is 5.82 Å². The fourth-order valence-corrected chi connectivity index (χ4v) is 6.06. The van der Waals surface area contributed by atoms with Crippen molar-refractivity contribution in [2.45, 2.75) is 30.1 Å². The van der Waals surface area contributed by atoms with Crippen molar-refractivity contribution >= 4 is 31.9 Å². The van der Waals surface area contributed by atoms with Crippen molar-refractivity contribution in [3.63, 3.8) is 0 Å². The Balaban J connectivity index is 1.44. The molecular weight excluding hydrogens is 631 g/mol. The molecule has 0 aliphatic carbocycles. The Labute approximate surface area is 253 Å². The summed E-state index contributed by atoms with van der Waals surface area (Å²) in [6, 6.07) is 19.5. The molecule has 42 heavy (non-hydrogen) atoms. The lowest BCUT2D eigenvalue weighted by Crippen LogP contribution is -2.38. The van der Waals surface area contributed by atoms with Crippen LogP contribution in [0.25, 0.3) is 0 Å². The number of hydrogen-bond donors (Lipinski definition) is 2. The van der Waals surface area contributed by atoms with Gasteiger partial charge in [0.05, 0.1) is 25.2 Å². The molecule has 224 valence electrons. The van der Waals surface area contributed by atoms with Crippen LogP contribution in [-0.4, -0.2) is 63.4 Å². The molecule has 12 heteroatoms. The van der Waals surface area contributed by atoms with Gasteiger partial charge in [-0.25, -0.2) is 12.8 Å². The molecule has 1 aliphatic heterocycles. The quantitative estimate of drug-likeness (QED) is 0.280. The molecule has 0 unspecified atom stereocenters. The maximum atomic E-state index is 13.2. The number of sulfonamides is 1. The summed E-state index contributed by atoms with van der Waals surface area (Å²) in [4.78, 5) is 13.1. The van der Waals surface area contributed by atoms with E-state index in [4.69, 9.17) is 14.2 Å². The Morgan fingerprint density at radius 1 is 1.07 bits per heavy atom. The summed E-state index contributed by atoms with van der Waals surface area (Å²) in [5.74, 6) is -0.445. The van der Waals surface area contributed by atoms with Crippen LogP contribution in [0.5, 0.6) is 5.75 Å². The molecule has 0 fully saturated rings. The third kappa shape index (κ3) is 8.39. The number of aliphatic hydroxyl groups excluding tert-OH is 1. The van der Waals surface area contributed by atoms with Gasteiger partial charge in [-0.05, 0) is 65.7 Å². The predicted molar refractivity (Wildman–Crippen MR) is 157 cm³/mol. The molecule has 0 aromatic heterocycles. The highest BCUT2D eigenvalue weighted by Gasteiger charge is 2.30. The lowest BCUT2D eigenvalue weighted by atomic mass is 9.93. The van der Waals surface area contributed by atoms with Gasteiger partial charge in [0.2, 0.25) is 16.3 Å². The second kappa shape index (κ2) is 14.7. The van der Waals surface area contributed by atoms with Gasteiger partial charge in [0.25, 0.3) is 5.91 Å². The highest BCUT2D eigenvalue weighted by Crippen LogP contribution is 2.32. The van der Waals surface area contributed by atoms with Crippen LogP contribution in [0.2, 0.25) is 0 Å². The van der Waals surface area contributed by atoms with E-state index in [9.17, 15) is 22.7 Å². The summed E-state index contributed by atoms with van der Waals surface area (Å²) < 4.78 is 58.7. The standard InChI is InChI=1S/C30H32BrFN2O7S/c1-39-26-10-12-27(13-11-26)42(37,38)34(14-16-35)15-17-40-29-19-23(22-4-6-24(31)7-5-22)18-28(41-29)30(36)33-20-21-2-8-25(32)9-3-21/h2-13,18,23,29,35H,14-17,19-20H2,1H3,(H,33,36)/t23-,29+/m1/s1. The zero-order valence-electron chi connectivity index (χ0n) is 22.9. The van der Waals surface area contributed by atoms with Crippen molar-refractivity contribution in [1.29, 1.82) is 0 Å². The molecule has 0 saturated heterocycles. The normalized spacial score (nSPS) is 16.9. The van der Waals surface area contributed by atoms with E-state index >= 15 is 0 Å². The Morgan fingerprint density at radius 3 is 2.40 bits per heavy atom. The number of halogens is 2. The number of nitrogens with zero attached hydrogens (tertiary/aromatic N) is 1. The largest absolute Gasteiger partial charge is 0.497 e. The molecule has 1 aliphatic rings. The van der Waals surface area contributed by atoms with Gasteiger partial charge in [-0.1, -0.05) is 40.2 Å². The van der Waals surface area contributed by atoms with Crippen LogP contribution in [0.15, 0.2) is 94.0 Å². The van der Waals surface area contributed by atoms with Crippen LogP contribution in [-0.2, 0) is 30.8 Å². The number of allylic oxidation sites excluding steroid dienone is 1. The average molecular weight is 664 g/mol. The van der Waals surface area contributed by atoms with Crippen molar-refractivity contribution in [2.75, 3.05) is 33.4 Å². The van der Waals surface area contributed by atoms with Gasteiger partial charge in [0, 0.05) is 36.4 Å². The summed E-state index contributed by atoms with van der Waals surface area (Å²) in [7, 11) is -2.43. The fraction of sp³-hybridized carbons (Fsp3) is 0.300. The van der Waals surface area contributed by atoms with Gasteiger partial charge < -0.3 is 24.6 Å².